The van der Waals surface area contributed by atoms with E-state index < -0.39 is 0 Å². The van der Waals surface area contributed by atoms with Crippen LogP contribution < -0.4 is 10.6 Å². The van der Waals surface area contributed by atoms with Gasteiger partial charge in [0.1, 0.15) is 0 Å². The van der Waals surface area contributed by atoms with E-state index >= 15 is 0 Å². The van der Waals surface area contributed by atoms with Gasteiger partial charge in [0.2, 0.25) is 0 Å². The number of hydrogen-bond acceptors (Lipinski definition) is 2. The van der Waals surface area contributed by atoms with Gasteiger partial charge in [0.15, 0.2) is 5.96 Å². The molecule has 0 unspecified atom stereocenters. The van der Waals surface area contributed by atoms with Gasteiger partial charge in [0.05, 0.1) is 0 Å². The zero-order valence-electron chi connectivity index (χ0n) is 17.7. The second kappa shape index (κ2) is 13.8. The van der Waals surface area contributed by atoms with Crippen LogP contribution in [0.25, 0.3) is 0 Å². The molecule has 0 aliphatic heterocycles. The highest BCUT2D eigenvalue weighted by Gasteiger charge is 2.12. The minimum Gasteiger partial charge on any atom is -0.357 e. The Kier molecular flexibility index (Phi) is 12.2. The van der Waals surface area contributed by atoms with E-state index in [0.29, 0.717) is 0 Å². The molecule has 1 aliphatic carbocycles. The number of rotatable bonds is 8. The molecular formula is C22H37IN4O. The molecule has 0 atom stereocenters. The molecule has 1 aliphatic rings. The lowest BCUT2D eigenvalue weighted by Gasteiger charge is -2.20. The van der Waals surface area contributed by atoms with Gasteiger partial charge in [0.25, 0.3) is 5.91 Å². The van der Waals surface area contributed by atoms with Crippen LogP contribution in [0.3, 0.4) is 0 Å². The molecule has 0 aromatic heterocycles. The molecule has 0 bridgehead atoms. The van der Waals surface area contributed by atoms with Crippen molar-refractivity contribution in [1.82, 2.24) is 15.5 Å². The van der Waals surface area contributed by atoms with Crippen LogP contribution in [0.1, 0.15) is 61.4 Å². The fourth-order valence-corrected chi connectivity index (χ4v) is 3.62. The smallest absolute Gasteiger partial charge is 0.253 e. The topological polar surface area (TPSA) is 56.7 Å². The number of aliphatic imine (C=N–C) groups is 1. The summed E-state index contributed by atoms with van der Waals surface area (Å²) in [5, 5.41) is 6.75. The van der Waals surface area contributed by atoms with Crippen molar-refractivity contribution in [3.63, 3.8) is 0 Å². The van der Waals surface area contributed by atoms with Gasteiger partial charge < -0.3 is 15.5 Å². The number of nitrogens with zero attached hydrogens (tertiary/aromatic N) is 2. The van der Waals surface area contributed by atoms with E-state index in [4.69, 9.17) is 4.99 Å². The van der Waals surface area contributed by atoms with Crippen LogP contribution in [0.5, 0.6) is 0 Å². The molecule has 5 nitrogen and oxygen atoms in total. The maximum Gasteiger partial charge on any atom is 0.253 e. The quantitative estimate of drug-likeness (QED) is 0.322. The zero-order valence-corrected chi connectivity index (χ0v) is 20.0. The van der Waals surface area contributed by atoms with Gasteiger partial charge in [-0.3, -0.25) is 9.79 Å². The number of hydrogen-bond donors (Lipinski definition) is 2. The first kappa shape index (κ1) is 24.7. The summed E-state index contributed by atoms with van der Waals surface area (Å²) >= 11 is 0. The van der Waals surface area contributed by atoms with E-state index in [0.717, 1.165) is 49.1 Å². The molecule has 0 saturated heterocycles. The van der Waals surface area contributed by atoms with Crippen molar-refractivity contribution in [1.29, 1.82) is 0 Å². The summed E-state index contributed by atoms with van der Waals surface area (Å²) in [6, 6.07) is 7.88. The highest BCUT2D eigenvalue weighted by Crippen LogP contribution is 2.26. The molecule has 2 N–H and O–H groups in total. The highest BCUT2D eigenvalue weighted by atomic mass is 127. The molecule has 0 radical (unpaired) electrons. The molecule has 1 aromatic carbocycles. The molecule has 1 saturated carbocycles. The first-order valence-electron chi connectivity index (χ1n) is 10.4. The lowest BCUT2D eigenvalue weighted by Crippen LogP contribution is -2.38. The van der Waals surface area contributed by atoms with Gasteiger partial charge in [-0.2, -0.15) is 0 Å². The molecule has 1 aromatic rings. The van der Waals surface area contributed by atoms with Crippen LogP contribution in [0.4, 0.5) is 0 Å². The molecule has 1 amide bonds. The molecule has 158 valence electrons. The molecule has 28 heavy (non-hydrogen) atoms. The number of guanidine groups is 1. The van der Waals surface area contributed by atoms with Crippen molar-refractivity contribution in [2.75, 3.05) is 33.7 Å². The highest BCUT2D eigenvalue weighted by molar-refractivity contribution is 14.0. The zero-order chi connectivity index (χ0) is 19.5. The maximum atomic E-state index is 12.1. The van der Waals surface area contributed by atoms with Crippen molar-refractivity contribution in [3.8, 4) is 0 Å². The van der Waals surface area contributed by atoms with Crippen LogP contribution in [0, 0.1) is 5.92 Å². The first-order chi connectivity index (χ1) is 13.1. The second-order valence-electron chi connectivity index (χ2n) is 7.63. The molecule has 2 rings (SSSR count). The van der Waals surface area contributed by atoms with Gasteiger partial charge in [-0.25, -0.2) is 0 Å². The summed E-state index contributed by atoms with van der Waals surface area (Å²) in [4.78, 5) is 18.4. The van der Waals surface area contributed by atoms with Crippen molar-refractivity contribution < 1.29 is 4.79 Å². The largest absolute Gasteiger partial charge is 0.357 e. The van der Waals surface area contributed by atoms with E-state index in [1.165, 1.54) is 38.5 Å². The number of halogens is 1. The van der Waals surface area contributed by atoms with Crippen molar-refractivity contribution in [3.05, 3.63) is 35.4 Å². The minimum absolute atomic E-state index is 0. The van der Waals surface area contributed by atoms with Gasteiger partial charge in [-0.05, 0) is 43.4 Å². The lowest BCUT2D eigenvalue weighted by atomic mass is 9.87. The Morgan fingerprint density at radius 2 is 1.93 bits per heavy atom. The van der Waals surface area contributed by atoms with Gasteiger partial charge in [-0.1, -0.05) is 44.2 Å². The van der Waals surface area contributed by atoms with E-state index in [9.17, 15) is 4.79 Å². The van der Waals surface area contributed by atoms with Crippen molar-refractivity contribution in [2.45, 2.75) is 51.9 Å². The molecular weight excluding hydrogens is 463 g/mol. The van der Waals surface area contributed by atoms with Crippen LogP contribution in [0.2, 0.25) is 0 Å². The average Bonchev–Trinajstić information content (AvgIpc) is 2.68. The minimum atomic E-state index is 0. The molecule has 1 fully saturated rings. The van der Waals surface area contributed by atoms with Crippen LogP contribution in [0.15, 0.2) is 29.3 Å². The Morgan fingerprint density at radius 3 is 2.61 bits per heavy atom. The average molecular weight is 500 g/mol. The predicted molar refractivity (Wildman–Crippen MR) is 129 cm³/mol. The first-order valence-corrected chi connectivity index (χ1v) is 10.4. The van der Waals surface area contributed by atoms with Gasteiger partial charge in [-0.15, -0.1) is 24.0 Å². The SMILES string of the molecule is CCNC(=NCCC1CCCCC1)NCCc1cccc(C(=O)N(C)C)c1.I. The third kappa shape index (κ3) is 8.80. The maximum absolute atomic E-state index is 12.1. The number of amides is 1. The number of carbonyl (C=O) groups is 1. The second-order valence-corrected chi connectivity index (χ2v) is 7.63. The van der Waals surface area contributed by atoms with Crippen molar-refractivity contribution >= 4 is 35.8 Å². The third-order valence-corrected chi connectivity index (χ3v) is 5.16. The summed E-state index contributed by atoms with van der Waals surface area (Å²) in [5.74, 6) is 1.80. The Balaban J connectivity index is 0.00000392. The van der Waals surface area contributed by atoms with Crippen LogP contribution in [-0.4, -0.2) is 50.5 Å². The number of benzene rings is 1. The number of nitrogens with one attached hydrogen (secondary N) is 2. The number of carbonyl (C=O) groups excluding carboxylic acids is 1. The summed E-state index contributed by atoms with van der Waals surface area (Å²) in [6.45, 7) is 4.65. The Bertz CT molecular complexity index is 612. The van der Waals surface area contributed by atoms with E-state index in [1.54, 1.807) is 19.0 Å². The standard InChI is InChI=1S/C22H36N4O.HI/c1-4-23-22(24-15-13-18-9-6-5-7-10-18)25-16-14-19-11-8-12-20(17-19)21(27)26(2)3;/h8,11-12,17-18H,4-7,9-10,13-16H2,1-3H3,(H2,23,24,25);1H. The van der Waals surface area contributed by atoms with Crippen molar-refractivity contribution in [2.24, 2.45) is 10.9 Å². The predicted octanol–water partition coefficient (Wildman–Crippen LogP) is 4.07. The molecule has 0 heterocycles. The third-order valence-electron chi connectivity index (χ3n) is 5.16. The summed E-state index contributed by atoms with van der Waals surface area (Å²) in [5.41, 5.74) is 1.90. The summed E-state index contributed by atoms with van der Waals surface area (Å²) in [7, 11) is 3.56. The van der Waals surface area contributed by atoms with Crippen LogP contribution >= 0.6 is 24.0 Å². The molecule has 6 heteroatoms. The Labute approximate surface area is 187 Å². The summed E-state index contributed by atoms with van der Waals surface area (Å²) < 4.78 is 0. The molecule has 0 spiro atoms. The lowest BCUT2D eigenvalue weighted by molar-refractivity contribution is 0.0827. The van der Waals surface area contributed by atoms with E-state index in [1.807, 2.05) is 18.2 Å². The monoisotopic (exact) mass is 500 g/mol. The normalized spacial score (nSPS) is 14.9. The summed E-state index contributed by atoms with van der Waals surface area (Å²) in [6.07, 6.45) is 9.01. The van der Waals surface area contributed by atoms with E-state index in [2.05, 4.69) is 23.6 Å². The fourth-order valence-electron chi connectivity index (χ4n) is 3.62. The Morgan fingerprint density at radius 1 is 1.18 bits per heavy atom. The van der Waals surface area contributed by atoms with Crippen LogP contribution in [-0.2, 0) is 6.42 Å². The van der Waals surface area contributed by atoms with E-state index in [-0.39, 0.29) is 29.9 Å². The Hall–Kier alpha value is -1.31. The van der Waals surface area contributed by atoms with Gasteiger partial charge >= 0.3 is 0 Å². The van der Waals surface area contributed by atoms with Gasteiger partial charge in [0, 0.05) is 39.3 Å². The fraction of sp³-hybridized carbons (Fsp3) is 0.636.